The van der Waals surface area contributed by atoms with Crippen molar-refractivity contribution in [1.29, 1.82) is 0 Å². The molecule has 0 aromatic carbocycles. The summed E-state index contributed by atoms with van der Waals surface area (Å²) in [6, 6.07) is 12.0. The summed E-state index contributed by atoms with van der Waals surface area (Å²) in [4.78, 5) is 41.8. The van der Waals surface area contributed by atoms with Crippen molar-refractivity contribution in [2.75, 3.05) is 12.4 Å². The van der Waals surface area contributed by atoms with Gasteiger partial charge in [0, 0.05) is 48.0 Å². The minimum atomic E-state index is -1.66. The largest absolute Gasteiger partial charge is 0.354 e. The highest BCUT2D eigenvalue weighted by Crippen LogP contribution is 2.29. The third-order valence-corrected chi connectivity index (χ3v) is 5.56. The van der Waals surface area contributed by atoms with Gasteiger partial charge >= 0.3 is 0 Å². The number of aromatic nitrogens is 4. The average molecular weight is 485 g/mol. The normalized spacial score (nSPS) is 11.1. The van der Waals surface area contributed by atoms with Gasteiger partial charge in [0.25, 0.3) is 11.8 Å². The van der Waals surface area contributed by atoms with Gasteiger partial charge in [0.15, 0.2) is 0 Å². The van der Waals surface area contributed by atoms with E-state index in [0.29, 0.717) is 22.6 Å². The van der Waals surface area contributed by atoms with E-state index in [9.17, 15) is 14.0 Å². The Labute approximate surface area is 208 Å². The zero-order valence-corrected chi connectivity index (χ0v) is 20.3. The van der Waals surface area contributed by atoms with Crippen molar-refractivity contribution in [3.63, 3.8) is 0 Å². The molecule has 0 radical (unpaired) electrons. The Bertz CT molecular complexity index is 1450. The lowest BCUT2D eigenvalue weighted by Crippen LogP contribution is -2.19. The Kier molecular flexibility index (Phi) is 6.82. The molecule has 0 unspecified atom stereocenters. The van der Waals surface area contributed by atoms with Crippen molar-refractivity contribution in [2.45, 2.75) is 26.4 Å². The number of nitrogens with zero attached hydrogens (tertiary/aromatic N) is 4. The molecular weight excluding hydrogens is 459 g/mol. The van der Waals surface area contributed by atoms with E-state index in [1.807, 2.05) is 25.1 Å². The number of amides is 2. The Morgan fingerprint density at radius 1 is 0.861 bits per heavy atom. The first-order valence-electron chi connectivity index (χ1n) is 11.2. The first kappa shape index (κ1) is 24.6. The second-order valence-corrected chi connectivity index (χ2v) is 8.65. The molecule has 9 heteroatoms. The summed E-state index contributed by atoms with van der Waals surface area (Å²) < 4.78 is 14.3. The molecule has 2 N–H and O–H groups in total. The second-order valence-electron chi connectivity index (χ2n) is 8.65. The van der Waals surface area contributed by atoms with Gasteiger partial charge in [-0.1, -0.05) is 0 Å². The van der Waals surface area contributed by atoms with Crippen LogP contribution < -0.4 is 10.6 Å². The maximum Gasteiger partial charge on any atom is 0.269 e. The number of carbonyl (C=O) groups is 2. The van der Waals surface area contributed by atoms with Crippen molar-refractivity contribution in [2.24, 2.45) is 0 Å². The van der Waals surface area contributed by atoms with Crippen LogP contribution in [0.15, 0.2) is 67.3 Å². The molecule has 8 nitrogen and oxygen atoms in total. The number of rotatable bonds is 6. The van der Waals surface area contributed by atoms with Gasteiger partial charge in [0.1, 0.15) is 11.4 Å². The Hall–Kier alpha value is -4.53. The van der Waals surface area contributed by atoms with Crippen LogP contribution in [0.4, 0.5) is 10.1 Å². The predicted molar refractivity (Wildman–Crippen MR) is 135 cm³/mol. The van der Waals surface area contributed by atoms with Crippen LogP contribution in [-0.4, -0.2) is 38.8 Å². The highest BCUT2D eigenvalue weighted by atomic mass is 19.1. The predicted octanol–water partition coefficient (Wildman–Crippen LogP) is 4.73. The fraction of sp³-hybridized carbons (Fsp3) is 0.185. The van der Waals surface area contributed by atoms with E-state index in [1.54, 1.807) is 37.8 Å². The minimum Gasteiger partial charge on any atom is -0.354 e. The maximum absolute atomic E-state index is 14.3. The molecule has 2 amide bonds. The van der Waals surface area contributed by atoms with Crippen LogP contribution in [0.5, 0.6) is 0 Å². The molecule has 0 aliphatic rings. The fourth-order valence-corrected chi connectivity index (χ4v) is 3.59. The standard InChI is InChI=1S/C27H25FN6O2/c1-16-21(17-5-8-30-22(11-17)18-6-9-31-23(12-18)26(36)29-4)14-20(15-33-16)34-25(35)19-7-10-32-24(13-19)27(2,3)28/h5-15H,1-4H3,(H,29,36)(H,34,35). The van der Waals surface area contributed by atoms with E-state index in [-0.39, 0.29) is 11.6 Å². The number of aryl methyl sites for hydroxylation is 1. The fourth-order valence-electron chi connectivity index (χ4n) is 3.59. The zero-order chi connectivity index (χ0) is 25.9. The topological polar surface area (TPSA) is 110 Å². The summed E-state index contributed by atoms with van der Waals surface area (Å²) in [5.74, 6) is -0.679. The van der Waals surface area contributed by atoms with Crippen LogP contribution in [0.25, 0.3) is 22.4 Å². The number of hydrogen-bond donors (Lipinski definition) is 2. The molecule has 0 fully saturated rings. The van der Waals surface area contributed by atoms with Crippen LogP contribution in [-0.2, 0) is 5.67 Å². The summed E-state index contributed by atoms with van der Waals surface area (Å²) in [5, 5.41) is 5.39. The molecule has 0 atom stereocenters. The molecule has 182 valence electrons. The second kappa shape index (κ2) is 9.99. The third-order valence-electron chi connectivity index (χ3n) is 5.56. The van der Waals surface area contributed by atoms with Crippen LogP contribution >= 0.6 is 0 Å². The third kappa shape index (κ3) is 5.41. The molecule has 4 heterocycles. The van der Waals surface area contributed by atoms with E-state index in [2.05, 4.69) is 30.6 Å². The van der Waals surface area contributed by atoms with Gasteiger partial charge in [-0.3, -0.25) is 29.5 Å². The van der Waals surface area contributed by atoms with Crippen molar-refractivity contribution in [3.05, 3.63) is 89.9 Å². The van der Waals surface area contributed by atoms with E-state index < -0.39 is 11.6 Å². The Balaban J connectivity index is 1.63. The van der Waals surface area contributed by atoms with Gasteiger partial charge in [-0.25, -0.2) is 4.39 Å². The van der Waals surface area contributed by atoms with Crippen molar-refractivity contribution < 1.29 is 14.0 Å². The molecule has 0 saturated carbocycles. The zero-order valence-electron chi connectivity index (χ0n) is 20.3. The molecule has 0 aliphatic heterocycles. The summed E-state index contributed by atoms with van der Waals surface area (Å²) in [7, 11) is 1.55. The summed E-state index contributed by atoms with van der Waals surface area (Å²) >= 11 is 0. The molecule has 4 aromatic heterocycles. The lowest BCUT2D eigenvalue weighted by molar-refractivity contribution is 0.0957. The van der Waals surface area contributed by atoms with Gasteiger partial charge in [0.05, 0.1) is 23.3 Å². The lowest BCUT2D eigenvalue weighted by Gasteiger charge is -2.14. The van der Waals surface area contributed by atoms with Crippen molar-refractivity contribution in [1.82, 2.24) is 25.3 Å². The molecule has 36 heavy (non-hydrogen) atoms. The van der Waals surface area contributed by atoms with Crippen molar-refractivity contribution in [3.8, 4) is 22.4 Å². The van der Waals surface area contributed by atoms with Gasteiger partial charge in [0.2, 0.25) is 0 Å². The number of nitrogens with one attached hydrogen (secondary N) is 2. The average Bonchev–Trinajstić information content (AvgIpc) is 2.89. The summed E-state index contributed by atoms with van der Waals surface area (Å²) in [6.07, 6.45) is 6.22. The maximum atomic E-state index is 14.3. The molecule has 0 bridgehead atoms. The highest BCUT2D eigenvalue weighted by molar-refractivity contribution is 6.04. The summed E-state index contributed by atoms with van der Waals surface area (Å²) in [5.41, 5.74) is 3.39. The first-order chi connectivity index (χ1) is 17.2. The smallest absolute Gasteiger partial charge is 0.269 e. The van der Waals surface area contributed by atoms with Crippen molar-refractivity contribution >= 4 is 17.5 Å². The van der Waals surface area contributed by atoms with Gasteiger partial charge in [-0.15, -0.1) is 0 Å². The van der Waals surface area contributed by atoms with E-state index in [0.717, 1.165) is 22.4 Å². The van der Waals surface area contributed by atoms with Crippen LogP contribution in [0.1, 0.15) is 46.1 Å². The Morgan fingerprint density at radius 2 is 1.58 bits per heavy atom. The number of halogens is 1. The quantitative estimate of drug-likeness (QED) is 0.410. The van der Waals surface area contributed by atoms with E-state index in [4.69, 9.17) is 0 Å². The molecule has 0 aliphatic carbocycles. The van der Waals surface area contributed by atoms with E-state index >= 15 is 0 Å². The Morgan fingerprint density at radius 3 is 2.33 bits per heavy atom. The molecule has 0 saturated heterocycles. The first-order valence-corrected chi connectivity index (χ1v) is 11.2. The number of carbonyl (C=O) groups excluding carboxylic acids is 2. The van der Waals surface area contributed by atoms with Gasteiger partial charge in [-0.2, -0.15) is 0 Å². The van der Waals surface area contributed by atoms with E-state index in [1.165, 1.54) is 32.2 Å². The molecule has 4 aromatic rings. The SMILES string of the molecule is CNC(=O)c1cc(-c2cc(-c3cc(NC(=O)c4ccnc(C(C)(C)F)c4)cnc3C)ccn2)ccn1. The lowest BCUT2D eigenvalue weighted by atomic mass is 10.0. The van der Waals surface area contributed by atoms with Gasteiger partial charge < -0.3 is 10.6 Å². The van der Waals surface area contributed by atoms with Gasteiger partial charge in [-0.05, 0) is 68.8 Å². The minimum absolute atomic E-state index is 0.179. The van der Waals surface area contributed by atoms with Crippen LogP contribution in [0.3, 0.4) is 0 Å². The number of alkyl halides is 1. The number of anilines is 1. The number of pyridine rings is 4. The highest BCUT2D eigenvalue weighted by Gasteiger charge is 2.22. The number of hydrogen-bond acceptors (Lipinski definition) is 6. The van der Waals surface area contributed by atoms with Crippen LogP contribution in [0.2, 0.25) is 0 Å². The molecule has 4 rings (SSSR count). The summed E-state index contributed by atoms with van der Waals surface area (Å²) in [6.45, 7) is 4.65. The molecular formula is C27H25FN6O2. The monoisotopic (exact) mass is 484 g/mol. The molecule has 0 spiro atoms. The van der Waals surface area contributed by atoms with Crippen LogP contribution in [0, 0.1) is 6.92 Å².